The highest BCUT2D eigenvalue weighted by Gasteiger charge is 2.22. The first-order valence-corrected chi connectivity index (χ1v) is 5.97. The zero-order chi connectivity index (χ0) is 11.8. The number of rotatable bonds is 2. The average molecular weight is 230 g/mol. The van der Waals surface area contributed by atoms with Crippen LogP contribution in [0.25, 0.3) is 10.9 Å². The van der Waals surface area contributed by atoms with E-state index in [4.69, 9.17) is 5.11 Å². The maximum absolute atomic E-state index is 11.1. The lowest BCUT2D eigenvalue weighted by Crippen LogP contribution is -1.97. The number of para-hydroxylation sites is 1. The van der Waals surface area contributed by atoms with Crippen molar-refractivity contribution >= 4 is 16.9 Å². The summed E-state index contributed by atoms with van der Waals surface area (Å²) >= 11 is 0. The minimum absolute atomic E-state index is 0.281. The van der Waals surface area contributed by atoms with Crippen molar-refractivity contribution < 1.29 is 9.90 Å². The Morgan fingerprint density at radius 1 is 1.35 bits per heavy atom. The molecule has 0 amide bonds. The second-order valence-electron chi connectivity index (χ2n) is 4.63. The highest BCUT2D eigenvalue weighted by atomic mass is 16.4. The summed E-state index contributed by atoms with van der Waals surface area (Å²) in [6, 6.07) is 5.35. The summed E-state index contributed by atoms with van der Waals surface area (Å²) < 4.78 is 0. The standard InChI is InChI=1S/C13H14N2O2/c16-13(17)10-7-3-6-9-11(14-15-12(9)10)8-4-1-2-5-8/h3,6-8H,1-2,4-5H2,(H,14,15)(H,16,17). The second-order valence-corrected chi connectivity index (χ2v) is 4.63. The molecule has 0 spiro atoms. The monoisotopic (exact) mass is 230 g/mol. The zero-order valence-corrected chi connectivity index (χ0v) is 9.44. The van der Waals surface area contributed by atoms with E-state index in [1.54, 1.807) is 12.1 Å². The van der Waals surface area contributed by atoms with Crippen molar-refractivity contribution in [2.45, 2.75) is 31.6 Å². The number of aromatic nitrogens is 2. The molecule has 0 radical (unpaired) electrons. The molecule has 2 N–H and O–H groups in total. The minimum atomic E-state index is -0.917. The first kappa shape index (κ1) is 10.3. The van der Waals surface area contributed by atoms with E-state index in [-0.39, 0.29) is 5.56 Å². The molecule has 0 saturated heterocycles. The summed E-state index contributed by atoms with van der Waals surface area (Å²) in [7, 11) is 0. The van der Waals surface area contributed by atoms with Gasteiger partial charge in [-0.2, -0.15) is 5.10 Å². The molecule has 1 aromatic carbocycles. The van der Waals surface area contributed by atoms with Crippen molar-refractivity contribution in [1.29, 1.82) is 0 Å². The van der Waals surface area contributed by atoms with Crippen molar-refractivity contribution in [3.8, 4) is 0 Å². The number of nitrogens with zero attached hydrogens (tertiary/aromatic N) is 1. The van der Waals surface area contributed by atoms with Gasteiger partial charge in [0.2, 0.25) is 0 Å². The van der Waals surface area contributed by atoms with Crippen molar-refractivity contribution in [3.63, 3.8) is 0 Å². The molecule has 0 atom stereocenters. The molecule has 1 heterocycles. The van der Waals surface area contributed by atoms with Gasteiger partial charge in [0.05, 0.1) is 5.56 Å². The van der Waals surface area contributed by atoms with E-state index in [0.717, 1.165) is 11.1 Å². The van der Waals surface area contributed by atoms with Crippen LogP contribution in [0.1, 0.15) is 47.7 Å². The molecular formula is C13H14N2O2. The van der Waals surface area contributed by atoms with E-state index in [2.05, 4.69) is 10.2 Å². The predicted molar refractivity (Wildman–Crippen MR) is 64.3 cm³/mol. The van der Waals surface area contributed by atoms with Crippen molar-refractivity contribution in [2.24, 2.45) is 0 Å². The van der Waals surface area contributed by atoms with Crippen LogP contribution in [0.15, 0.2) is 18.2 Å². The molecule has 1 aliphatic carbocycles. The van der Waals surface area contributed by atoms with Crippen LogP contribution < -0.4 is 0 Å². The molecule has 17 heavy (non-hydrogen) atoms. The molecule has 0 unspecified atom stereocenters. The number of carbonyl (C=O) groups is 1. The van der Waals surface area contributed by atoms with Gasteiger partial charge in [-0.15, -0.1) is 0 Å². The predicted octanol–water partition coefficient (Wildman–Crippen LogP) is 2.92. The molecule has 3 rings (SSSR count). The molecule has 88 valence electrons. The fourth-order valence-electron chi connectivity index (χ4n) is 2.76. The number of hydrogen-bond donors (Lipinski definition) is 2. The number of carboxylic acid groups (broad SMARTS) is 1. The number of benzene rings is 1. The van der Waals surface area contributed by atoms with E-state index < -0.39 is 5.97 Å². The lowest BCUT2D eigenvalue weighted by Gasteiger charge is -2.06. The van der Waals surface area contributed by atoms with Crippen LogP contribution in [-0.2, 0) is 0 Å². The fourth-order valence-corrected chi connectivity index (χ4v) is 2.76. The Hall–Kier alpha value is -1.84. The number of H-pyrrole nitrogens is 1. The van der Waals surface area contributed by atoms with Crippen LogP contribution in [0.2, 0.25) is 0 Å². The summed E-state index contributed by atoms with van der Waals surface area (Å²) in [5, 5.41) is 17.3. The molecule has 1 saturated carbocycles. The molecule has 0 bridgehead atoms. The van der Waals surface area contributed by atoms with E-state index in [9.17, 15) is 4.79 Å². The van der Waals surface area contributed by atoms with Gasteiger partial charge >= 0.3 is 5.97 Å². The fraction of sp³-hybridized carbons (Fsp3) is 0.385. The zero-order valence-electron chi connectivity index (χ0n) is 9.44. The number of aromatic amines is 1. The smallest absolute Gasteiger partial charge is 0.337 e. The first-order valence-electron chi connectivity index (χ1n) is 5.97. The maximum atomic E-state index is 11.1. The number of carboxylic acids is 1. The Balaban J connectivity index is 2.15. The third-order valence-corrected chi connectivity index (χ3v) is 3.61. The van der Waals surface area contributed by atoms with Crippen molar-refractivity contribution in [3.05, 3.63) is 29.5 Å². The molecule has 1 aliphatic rings. The van der Waals surface area contributed by atoms with Crippen LogP contribution in [0.4, 0.5) is 0 Å². The lowest BCUT2D eigenvalue weighted by atomic mass is 9.99. The molecular weight excluding hydrogens is 216 g/mol. The van der Waals surface area contributed by atoms with Crippen LogP contribution in [0, 0.1) is 0 Å². The third-order valence-electron chi connectivity index (χ3n) is 3.61. The van der Waals surface area contributed by atoms with Crippen LogP contribution >= 0.6 is 0 Å². The molecule has 2 aromatic rings. The quantitative estimate of drug-likeness (QED) is 0.833. The van der Waals surface area contributed by atoms with Gasteiger partial charge in [-0.25, -0.2) is 4.79 Å². The maximum Gasteiger partial charge on any atom is 0.337 e. The largest absolute Gasteiger partial charge is 0.478 e. The Bertz CT molecular complexity index is 568. The highest BCUT2D eigenvalue weighted by molar-refractivity contribution is 6.02. The molecule has 0 aliphatic heterocycles. The van der Waals surface area contributed by atoms with Crippen LogP contribution in [0.3, 0.4) is 0 Å². The number of aromatic carboxylic acids is 1. The third kappa shape index (κ3) is 1.60. The van der Waals surface area contributed by atoms with Gasteiger partial charge < -0.3 is 5.11 Å². The number of hydrogen-bond acceptors (Lipinski definition) is 2. The summed E-state index contributed by atoms with van der Waals surface area (Å²) in [6.45, 7) is 0. The van der Waals surface area contributed by atoms with Gasteiger partial charge in [-0.1, -0.05) is 25.0 Å². The van der Waals surface area contributed by atoms with Gasteiger partial charge in [0, 0.05) is 17.0 Å². The first-order chi connectivity index (χ1) is 8.27. The summed E-state index contributed by atoms with van der Waals surface area (Å²) in [5.74, 6) is -0.399. The van der Waals surface area contributed by atoms with E-state index in [0.29, 0.717) is 11.4 Å². The summed E-state index contributed by atoms with van der Waals surface area (Å²) in [6.07, 6.45) is 4.86. The lowest BCUT2D eigenvalue weighted by molar-refractivity contribution is 0.0699. The van der Waals surface area contributed by atoms with Gasteiger partial charge in [0.1, 0.15) is 5.52 Å². The van der Waals surface area contributed by atoms with E-state index in [1.807, 2.05) is 6.07 Å². The summed E-state index contributed by atoms with van der Waals surface area (Å²) in [5.41, 5.74) is 1.98. The normalized spacial score (nSPS) is 16.7. The Morgan fingerprint density at radius 3 is 2.82 bits per heavy atom. The minimum Gasteiger partial charge on any atom is -0.478 e. The SMILES string of the molecule is O=C(O)c1cccc2c(C3CCCC3)[nH]nc12. The Kier molecular flexibility index (Phi) is 2.35. The van der Waals surface area contributed by atoms with E-state index >= 15 is 0 Å². The molecule has 1 aromatic heterocycles. The van der Waals surface area contributed by atoms with Gasteiger partial charge in [0.15, 0.2) is 0 Å². The molecule has 4 nitrogen and oxygen atoms in total. The average Bonchev–Trinajstić information content (AvgIpc) is 2.96. The Labute approximate surface area is 98.6 Å². The van der Waals surface area contributed by atoms with Crippen molar-refractivity contribution in [2.75, 3.05) is 0 Å². The number of nitrogens with one attached hydrogen (secondary N) is 1. The van der Waals surface area contributed by atoms with Crippen LogP contribution in [-0.4, -0.2) is 21.3 Å². The van der Waals surface area contributed by atoms with Gasteiger partial charge in [0.25, 0.3) is 0 Å². The highest BCUT2D eigenvalue weighted by Crippen LogP contribution is 2.36. The van der Waals surface area contributed by atoms with Gasteiger partial charge in [-0.05, 0) is 18.9 Å². The topological polar surface area (TPSA) is 66.0 Å². The molecule has 4 heteroatoms. The number of fused-ring (bicyclic) bond motifs is 1. The van der Waals surface area contributed by atoms with Crippen molar-refractivity contribution in [1.82, 2.24) is 10.2 Å². The van der Waals surface area contributed by atoms with Gasteiger partial charge in [-0.3, -0.25) is 5.10 Å². The van der Waals surface area contributed by atoms with E-state index in [1.165, 1.54) is 25.7 Å². The summed E-state index contributed by atoms with van der Waals surface area (Å²) in [4.78, 5) is 11.1. The Morgan fingerprint density at radius 2 is 2.12 bits per heavy atom. The molecule has 1 fully saturated rings. The second kappa shape index (κ2) is 3.87. The van der Waals surface area contributed by atoms with Crippen LogP contribution in [0.5, 0.6) is 0 Å².